The molecule has 0 aromatic heterocycles. The summed E-state index contributed by atoms with van der Waals surface area (Å²) in [6.45, 7) is 3.86. The van der Waals surface area contributed by atoms with E-state index < -0.39 is 5.60 Å². The summed E-state index contributed by atoms with van der Waals surface area (Å²) in [4.78, 5) is 0. The third-order valence-electron chi connectivity index (χ3n) is 2.76. The van der Waals surface area contributed by atoms with Gasteiger partial charge in [-0.15, -0.1) is 0 Å². The molecule has 1 heteroatoms. The van der Waals surface area contributed by atoms with Crippen molar-refractivity contribution < 1.29 is 5.11 Å². The zero-order chi connectivity index (χ0) is 9.03. The Hall–Kier alpha value is -0.0400. The molecule has 0 aromatic carbocycles. The van der Waals surface area contributed by atoms with Crippen LogP contribution in [0.2, 0.25) is 0 Å². The lowest BCUT2D eigenvalue weighted by Gasteiger charge is -2.23. The van der Waals surface area contributed by atoms with Gasteiger partial charge in [0.05, 0.1) is 5.60 Å². The molecule has 1 nitrogen and oxygen atoms in total. The molecular weight excluding hydrogens is 148 g/mol. The summed E-state index contributed by atoms with van der Waals surface area (Å²) in [6.07, 6.45) is 9.23. The molecule has 0 bridgehead atoms. The predicted molar refractivity (Wildman–Crippen MR) is 52.1 cm³/mol. The SMILES string of the molecule is CC(C)(O)CC1CCCCCC1. The van der Waals surface area contributed by atoms with E-state index in [1.54, 1.807) is 0 Å². The first-order valence-electron chi connectivity index (χ1n) is 5.30. The number of aliphatic hydroxyl groups is 1. The fourth-order valence-electron chi connectivity index (χ4n) is 2.27. The van der Waals surface area contributed by atoms with E-state index in [1.807, 2.05) is 13.8 Å². The van der Waals surface area contributed by atoms with Crippen LogP contribution in [0.15, 0.2) is 0 Å². The molecule has 1 aliphatic carbocycles. The van der Waals surface area contributed by atoms with Crippen molar-refractivity contribution in [2.45, 2.75) is 64.4 Å². The van der Waals surface area contributed by atoms with Gasteiger partial charge in [0.15, 0.2) is 0 Å². The highest BCUT2D eigenvalue weighted by Crippen LogP contribution is 2.29. The van der Waals surface area contributed by atoms with Crippen LogP contribution >= 0.6 is 0 Å². The van der Waals surface area contributed by atoms with E-state index in [1.165, 1.54) is 38.5 Å². The molecule has 0 unspecified atom stereocenters. The summed E-state index contributed by atoms with van der Waals surface area (Å²) in [5.41, 5.74) is -0.449. The lowest BCUT2D eigenvalue weighted by Crippen LogP contribution is -2.22. The molecule has 0 aromatic rings. The summed E-state index contributed by atoms with van der Waals surface area (Å²) in [5, 5.41) is 9.66. The highest BCUT2D eigenvalue weighted by molar-refractivity contribution is 4.73. The molecule has 1 saturated carbocycles. The molecule has 0 saturated heterocycles. The Balaban J connectivity index is 2.30. The van der Waals surface area contributed by atoms with Crippen molar-refractivity contribution in [3.05, 3.63) is 0 Å². The van der Waals surface area contributed by atoms with Crippen LogP contribution in [0.25, 0.3) is 0 Å². The molecule has 0 heterocycles. The van der Waals surface area contributed by atoms with Gasteiger partial charge in [0, 0.05) is 0 Å². The van der Waals surface area contributed by atoms with Gasteiger partial charge in [-0.1, -0.05) is 38.5 Å². The molecule has 0 radical (unpaired) electrons. The van der Waals surface area contributed by atoms with Gasteiger partial charge in [-0.3, -0.25) is 0 Å². The molecular formula is C11H22O. The van der Waals surface area contributed by atoms with Crippen molar-refractivity contribution in [3.63, 3.8) is 0 Å². The van der Waals surface area contributed by atoms with Gasteiger partial charge >= 0.3 is 0 Å². The molecule has 1 aliphatic rings. The van der Waals surface area contributed by atoms with E-state index in [4.69, 9.17) is 0 Å². The van der Waals surface area contributed by atoms with Crippen molar-refractivity contribution >= 4 is 0 Å². The summed E-state index contributed by atoms with van der Waals surface area (Å²) in [7, 11) is 0. The molecule has 0 amide bonds. The van der Waals surface area contributed by atoms with E-state index in [0.29, 0.717) is 0 Å². The molecule has 1 N–H and O–H groups in total. The Morgan fingerprint density at radius 1 is 1.08 bits per heavy atom. The second kappa shape index (κ2) is 4.27. The quantitative estimate of drug-likeness (QED) is 0.631. The average molecular weight is 170 g/mol. The maximum Gasteiger partial charge on any atom is 0.0594 e. The number of hydrogen-bond acceptors (Lipinski definition) is 1. The highest BCUT2D eigenvalue weighted by atomic mass is 16.3. The topological polar surface area (TPSA) is 20.2 Å². The summed E-state index contributed by atoms with van der Waals surface area (Å²) < 4.78 is 0. The van der Waals surface area contributed by atoms with Crippen LogP contribution in [0.1, 0.15) is 58.8 Å². The van der Waals surface area contributed by atoms with Gasteiger partial charge in [-0.05, 0) is 26.2 Å². The van der Waals surface area contributed by atoms with Crippen LogP contribution in [0.5, 0.6) is 0 Å². The average Bonchev–Trinajstić information content (AvgIpc) is 2.12. The van der Waals surface area contributed by atoms with Gasteiger partial charge in [0.25, 0.3) is 0 Å². The maximum absolute atomic E-state index is 9.66. The maximum atomic E-state index is 9.66. The van der Waals surface area contributed by atoms with Crippen molar-refractivity contribution in [1.82, 2.24) is 0 Å². The van der Waals surface area contributed by atoms with E-state index >= 15 is 0 Å². The standard InChI is InChI=1S/C11H22O/c1-11(2,12)9-10-7-5-3-4-6-8-10/h10,12H,3-9H2,1-2H3. The van der Waals surface area contributed by atoms with Crippen molar-refractivity contribution in [1.29, 1.82) is 0 Å². The Bertz CT molecular complexity index is 115. The smallest absolute Gasteiger partial charge is 0.0594 e. The second-order valence-corrected chi connectivity index (χ2v) is 4.87. The summed E-state index contributed by atoms with van der Waals surface area (Å²) >= 11 is 0. The highest BCUT2D eigenvalue weighted by Gasteiger charge is 2.20. The van der Waals surface area contributed by atoms with Crippen molar-refractivity contribution in [3.8, 4) is 0 Å². The van der Waals surface area contributed by atoms with E-state index in [0.717, 1.165) is 12.3 Å². The van der Waals surface area contributed by atoms with Crippen LogP contribution in [0.4, 0.5) is 0 Å². The van der Waals surface area contributed by atoms with Crippen molar-refractivity contribution in [2.24, 2.45) is 5.92 Å². The van der Waals surface area contributed by atoms with Crippen LogP contribution in [0.3, 0.4) is 0 Å². The fourth-order valence-corrected chi connectivity index (χ4v) is 2.27. The van der Waals surface area contributed by atoms with Gasteiger partial charge in [0.2, 0.25) is 0 Å². The normalized spacial score (nSPS) is 22.2. The van der Waals surface area contributed by atoms with E-state index in [2.05, 4.69) is 0 Å². The van der Waals surface area contributed by atoms with Gasteiger partial charge in [-0.2, -0.15) is 0 Å². The minimum absolute atomic E-state index is 0.449. The summed E-state index contributed by atoms with van der Waals surface area (Å²) in [6, 6.07) is 0. The largest absolute Gasteiger partial charge is 0.390 e. The van der Waals surface area contributed by atoms with Crippen molar-refractivity contribution in [2.75, 3.05) is 0 Å². The van der Waals surface area contributed by atoms with E-state index in [9.17, 15) is 5.11 Å². The predicted octanol–water partition coefficient (Wildman–Crippen LogP) is 3.12. The number of hydrogen-bond donors (Lipinski definition) is 1. The first-order chi connectivity index (χ1) is 5.58. The van der Waals surface area contributed by atoms with Crippen LogP contribution in [-0.2, 0) is 0 Å². The minimum Gasteiger partial charge on any atom is -0.390 e. The second-order valence-electron chi connectivity index (χ2n) is 4.87. The van der Waals surface area contributed by atoms with E-state index in [-0.39, 0.29) is 0 Å². The molecule has 1 fully saturated rings. The van der Waals surface area contributed by atoms with Gasteiger partial charge < -0.3 is 5.11 Å². The Morgan fingerprint density at radius 2 is 1.58 bits per heavy atom. The Labute approximate surface area is 76.2 Å². The molecule has 0 spiro atoms. The Kier molecular flexibility index (Phi) is 3.57. The zero-order valence-corrected chi connectivity index (χ0v) is 8.47. The molecule has 0 atom stereocenters. The molecule has 72 valence electrons. The fraction of sp³-hybridized carbons (Fsp3) is 1.00. The zero-order valence-electron chi connectivity index (χ0n) is 8.47. The van der Waals surface area contributed by atoms with Gasteiger partial charge in [0.1, 0.15) is 0 Å². The lowest BCUT2D eigenvalue weighted by molar-refractivity contribution is 0.0499. The monoisotopic (exact) mass is 170 g/mol. The van der Waals surface area contributed by atoms with Crippen LogP contribution < -0.4 is 0 Å². The number of rotatable bonds is 2. The first kappa shape index (κ1) is 10.0. The third-order valence-corrected chi connectivity index (χ3v) is 2.76. The lowest BCUT2D eigenvalue weighted by atomic mass is 9.88. The first-order valence-corrected chi connectivity index (χ1v) is 5.30. The van der Waals surface area contributed by atoms with Crippen LogP contribution in [0, 0.1) is 5.92 Å². The Morgan fingerprint density at radius 3 is 2.00 bits per heavy atom. The van der Waals surface area contributed by atoms with Gasteiger partial charge in [-0.25, -0.2) is 0 Å². The molecule has 1 rings (SSSR count). The third kappa shape index (κ3) is 4.10. The molecule has 12 heavy (non-hydrogen) atoms. The molecule has 0 aliphatic heterocycles. The van der Waals surface area contributed by atoms with Crippen LogP contribution in [-0.4, -0.2) is 10.7 Å². The summed E-state index contributed by atoms with van der Waals surface area (Å²) in [5.74, 6) is 0.785. The minimum atomic E-state index is -0.449.